The van der Waals surface area contributed by atoms with Gasteiger partial charge in [-0.2, -0.15) is 0 Å². The van der Waals surface area contributed by atoms with Crippen molar-refractivity contribution in [3.8, 4) is 0 Å². The minimum Gasteiger partial charge on any atom is -0.465 e. The first-order chi connectivity index (χ1) is 10.8. The average Bonchev–Trinajstić information content (AvgIpc) is 3.00. The number of hydrogen-bond donors (Lipinski definition) is 0. The number of nitrogens with zero attached hydrogens (tertiary/aromatic N) is 1. The molecule has 2 heterocycles. The van der Waals surface area contributed by atoms with E-state index >= 15 is 0 Å². The molecular formula is C17H21NO4. The first-order valence-corrected chi connectivity index (χ1v) is 7.82. The molecule has 2 aliphatic heterocycles. The van der Waals surface area contributed by atoms with Gasteiger partial charge in [-0.1, -0.05) is 30.3 Å². The zero-order valence-electron chi connectivity index (χ0n) is 12.6. The Morgan fingerprint density at radius 3 is 2.55 bits per heavy atom. The first-order valence-electron chi connectivity index (χ1n) is 7.82. The van der Waals surface area contributed by atoms with Crippen molar-refractivity contribution in [1.82, 2.24) is 4.90 Å². The maximum Gasteiger partial charge on any atom is 0.316 e. The summed E-state index contributed by atoms with van der Waals surface area (Å²) in [5.41, 5.74) is 1.11. The van der Waals surface area contributed by atoms with Crippen LogP contribution in [-0.4, -0.2) is 49.6 Å². The van der Waals surface area contributed by atoms with Crippen LogP contribution in [0.5, 0.6) is 0 Å². The monoisotopic (exact) mass is 303 g/mol. The minimum absolute atomic E-state index is 0.00556. The lowest BCUT2D eigenvalue weighted by Gasteiger charge is -2.34. The van der Waals surface area contributed by atoms with Gasteiger partial charge in [0.05, 0.1) is 19.8 Å². The normalized spacial score (nSPS) is 24.0. The molecule has 1 aromatic carbocycles. The number of ether oxygens (including phenoxy) is 2. The van der Waals surface area contributed by atoms with E-state index < -0.39 is 5.92 Å². The van der Waals surface area contributed by atoms with Crippen LogP contribution in [0.15, 0.2) is 30.3 Å². The molecule has 2 atom stereocenters. The lowest BCUT2D eigenvalue weighted by atomic mass is 9.92. The average molecular weight is 303 g/mol. The summed E-state index contributed by atoms with van der Waals surface area (Å²) in [6.07, 6.45) is 0.867. The maximum absolute atomic E-state index is 12.5. The predicted octanol–water partition coefficient (Wildman–Crippen LogP) is 1.58. The molecule has 0 aromatic heterocycles. The van der Waals surface area contributed by atoms with Crippen LogP contribution in [0.2, 0.25) is 0 Å². The number of rotatable bonds is 5. The number of cyclic esters (lactones) is 1. The smallest absolute Gasteiger partial charge is 0.316 e. The van der Waals surface area contributed by atoms with E-state index in [0.717, 1.165) is 18.7 Å². The Bertz CT molecular complexity index is 525. The van der Waals surface area contributed by atoms with E-state index in [1.165, 1.54) is 0 Å². The van der Waals surface area contributed by atoms with Gasteiger partial charge in [0.1, 0.15) is 11.7 Å². The number of esters is 1. The van der Waals surface area contributed by atoms with Gasteiger partial charge in [0.15, 0.2) is 0 Å². The number of hydrogen-bond acceptors (Lipinski definition) is 5. The van der Waals surface area contributed by atoms with Gasteiger partial charge < -0.3 is 9.47 Å². The molecule has 3 rings (SSSR count). The molecule has 2 aliphatic rings. The van der Waals surface area contributed by atoms with Crippen molar-refractivity contribution in [2.75, 3.05) is 32.9 Å². The quantitative estimate of drug-likeness (QED) is 0.610. The van der Waals surface area contributed by atoms with Crippen molar-refractivity contribution in [1.29, 1.82) is 0 Å². The number of carbonyl (C=O) groups excluding carboxylic acids is 2. The van der Waals surface area contributed by atoms with Crippen molar-refractivity contribution < 1.29 is 19.1 Å². The lowest BCUT2D eigenvalue weighted by Crippen LogP contribution is -2.40. The van der Waals surface area contributed by atoms with E-state index in [4.69, 9.17) is 9.47 Å². The topological polar surface area (TPSA) is 55.8 Å². The summed E-state index contributed by atoms with van der Waals surface area (Å²) in [5, 5.41) is 0. The van der Waals surface area contributed by atoms with Gasteiger partial charge in [0.25, 0.3) is 0 Å². The molecule has 2 saturated heterocycles. The number of Topliss-reactive ketones (excluding diaryl/α,β-unsaturated/α-hetero) is 1. The largest absolute Gasteiger partial charge is 0.465 e. The van der Waals surface area contributed by atoms with Gasteiger partial charge in [-0.05, 0) is 5.56 Å². The van der Waals surface area contributed by atoms with Crippen molar-refractivity contribution in [3.05, 3.63) is 35.9 Å². The van der Waals surface area contributed by atoms with E-state index in [2.05, 4.69) is 4.90 Å². The van der Waals surface area contributed by atoms with Crippen molar-refractivity contribution in [2.24, 2.45) is 5.92 Å². The number of morpholine rings is 1. The second-order valence-corrected chi connectivity index (χ2v) is 5.75. The summed E-state index contributed by atoms with van der Waals surface area (Å²) >= 11 is 0. The first kappa shape index (κ1) is 15.2. The summed E-state index contributed by atoms with van der Waals surface area (Å²) in [6, 6.07) is 10.0. The molecule has 0 saturated carbocycles. The van der Waals surface area contributed by atoms with E-state index in [1.807, 2.05) is 30.3 Å². The molecule has 5 heteroatoms. The zero-order chi connectivity index (χ0) is 15.4. The van der Waals surface area contributed by atoms with Crippen LogP contribution < -0.4 is 0 Å². The second-order valence-electron chi connectivity index (χ2n) is 5.75. The van der Waals surface area contributed by atoms with Crippen molar-refractivity contribution >= 4 is 11.8 Å². The van der Waals surface area contributed by atoms with Crippen molar-refractivity contribution in [2.45, 2.75) is 18.9 Å². The van der Waals surface area contributed by atoms with E-state index in [0.29, 0.717) is 32.7 Å². The molecule has 0 spiro atoms. The fraction of sp³-hybridized carbons (Fsp3) is 0.529. The SMILES string of the molecule is O=C(CC(c1ccccc1)N1CCOCC1)C1CCOC1=O. The molecule has 0 N–H and O–H groups in total. The third kappa shape index (κ3) is 3.36. The summed E-state index contributed by atoms with van der Waals surface area (Å²) in [4.78, 5) is 26.4. The van der Waals surface area contributed by atoms with Gasteiger partial charge in [-0.15, -0.1) is 0 Å². The molecule has 0 aliphatic carbocycles. The van der Waals surface area contributed by atoms with Crippen LogP contribution in [-0.2, 0) is 19.1 Å². The summed E-state index contributed by atoms with van der Waals surface area (Å²) in [6.45, 7) is 3.35. The molecule has 1 aromatic rings. The van der Waals surface area contributed by atoms with Crippen LogP contribution in [0.1, 0.15) is 24.4 Å². The minimum atomic E-state index is -0.577. The van der Waals surface area contributed by atoms with E-state index in [1.54, 1.807) is 0 Å². The third-order valence-corrected chi connectivity index (χ3v) is 4.39. The molecule has 2 unspecified atom stereocenters. The van der Waals surface area contributed by atoms with Gasteiger partial charge in [0, 0.05) is 32.0 Å². The fourth-order valence-electron chi connectivity index (χ4n) is 3.14. The highest BCUT2D eigenvalue weighted by Crippen LogP contribution is 2.28. The highest BCUT2D eigenvalue weighted by molar-refractivity contribution is 6.00. The van der Waals surface area contributed by atoms with E-state index in [9.17, 15) is 9.59 Å². The molecule has 22 heavy (non-hydrogen) atoms. The van der Waals surface area contributed by atoms with Gasteiger partial charge in [-0.25, -0.2) is 0 Å². The molecule has 118 valence electrons. The zero-order valence-corrected chi connectivity index (χ0v) is 12.6. The maximum atomic E-state index is 12.5. The number of benzene rings is 1. The van der Waals surface area contributed by atoms with Crippen LogP contribution in [0, 0.1) is 5.92 Å². The molecule has 0 bridgehead atoms. The van der Waals surface area contributed by atoms with E-state index in [-0.39, 0.29) is 17.8 Å². The number of carbonyl (C=O) groups is 2. The predicted molar refractivity (Wildman–Crippen MR) is 80.3 cm³/mol. The molecular weight excluding hydrogens is 282 g/mol. The highest BCUT2D eigenvalue weighted by atomic mass is 16.5. The van der Waals surface area contributed by atoms with Crippen LogP contribution in [0.3, 0.4) is 0 Å². The van der Waals surface area contributed by atoms with Gasteiger partial charge >= 0.3 is 5.97 Å². The Labute approximate surface area is 130 Å². The van der Waals surface area contributed by atoms with Gasteiger partial charge in [0.2, 0.25) is 0 Å². The van der Waals surface area contributed by atoms with Crippen LogP contribution in [0.4, 0.5) is 0 Å². The highest BCUT2D eigenvalue weighted by Gasteiger charge is 2.35. The molecule has 5 nitrogen and oxygen atoms in total. The molecule has 2 fully saturated rings. The standard InChI is InChI=1S/C17H21NO4/c19-16(14-6-9-22-17(14)20)12-15(13-4-2-1-3-5-13)18-7-10-21-11-8-18/h1-5,14-15H,6-12H2. The Hall–Kier alpha value is -1.72. The summed E-state index contributed by atoms with van der Waals surface area (Å²) in [7, 11) is 0. The number of ketones is 1. The lowest BCUT2D eigenvalue weighted by molar-refractivity contribution is -0.145. The molecule has 0 amide bonds. The Balaban J connectivity index is 1.76. The van der Waals surface area contributed by atoms with Crippen molar-refractivity contribution in [3.63, 3.8) is 0 Å². The molecule has 0 radical (unpaired) electrons. The van der Waals surface area contributed by atoms with Crippen LogP contribution in [0.25, 0.3) is 0 Å². The second kappa shape index (κ2) is 7.03. The fourth-order valence-corrected chi connectivity index (χ4v) is 3.14. The Kier molecular flexibility index (Phi) is 4.85. The van der Waals surface area contributed by atoms with Crippen LogP contribution >= 0.6 is 0 Å². The third-order valence-electron chi connectivity index (χ3n) is 4.39. The Morgan fingerprint density at radius 2 is 1.91 bits per heavy atom. The summed E-state index contributed by atoms with van der Waals surface area (Å²) < 4.78 is 10.3. The van der Waals surface area contributed by atoms with Gasteiger partial charge in [-0.3, -0.25) is 14.5 Å². The Morgan fingerprint density at radius 1 is 1.18 bits per heavy atom. The summed E-state index contributed by atoms with van der Waals surface area (Å²) in [5.74, 6) is -0.950.